The highest BCUT2D eigenvalue weighted by Gasteiger charge is 2.51. The van der Waals surface area contributed by atoms with Gasteiger partial charge in [0.25, 0.3) is 0 Å². The number of para-hydroxylation sites is 2. The van der Waals surface area contributed by atoms with Crippen LogP contribution in [0.5, 0.6) is 34.5 Å². The molecule has 4 aliphatic rings. The maximum Gasteiger partial charge on any atom is 0.323 e. The van der Waals surface area contributed by atoms with Gasteiger partial charge < -0.3 is 67.7 Å². The van der Waals surface area contributed by atoms with Crippen molar-refractivity contribution in [1.29, 1.82) is 0 Å². The molecule has 21 heteroatoms. The van der Waals surface area contributed by atoms with Crippen LogP contribution in [-0.4, -0.2) is 50.1 Å². The fourth-order valence-electron chi connectivity index (χ4n) is 11.0. The monoisotopic (exact) mass is 1250 g/mol. The van der Waals surface area contributed by atoms with Gasteiger partial charge >= 0.3 is 24.1 Å². The standard InChI is InChI=1S/C19H15ClN2O3.C17H21ClN2O2.C17H13ClN2O2.C13H11ClN2O2/c20-13-6-11-18(23)17(12-13)22-19(24)21-14-7-9-16(10-8-14)25-15-4-2-1-3-5-15;18-13-1-2-15(21)14(6-13)19-16(22)20-17-7-10-3-11(8-17)5-12(4-10)9-17;18-12-8-9-16(21)15(10-12)20-17(22)19-14-7-3-5-11-4-1-2-6-13(11)14;14-9-6-7-12(17)11(8-9)16-13(18)15-10-4-2-1-3-5-10/h1-12,23H,(H2,21,22,24);1-2,6,10-12,21H,3-5,7-9H2,(H2,19,20,22);1-10,21H,(H2,19,20,22);1-8,17H,(H2,15,16,18). The number of benzene rings is 9. The van der Waals surface area contributed by atoms with Crippen molar-refractivity contribution in [2.75, 3.05) is 37.2 Å². The summed E-state index contributed by atoms with van der Waals surface area (Å²) in [5, 5.41) is 64.2. The number of phenolic OH excluding ortho intramolecular Hbond substituents is 4. The molecule has 87 heavy (non-hydrogen) atoms. The summed E-state index contributed by atoms with van der Waals surface area (Å²) in [7, 11) is 0. The van der Waals surface area contributed by atoms with E-state index in [1.54, 1.807) is 54.6 Å². The van der Waals surface area contributed by atoms with Crippen molar-refractivity contribution in [2.24, 2.45) is 17.8 Å². The van der Waals surface area contributed by atoms with Crippen LogP contribution in [0.15, 0.2) is 200 Å². The van der Waals surface area contributed by atoms with Crippen molar-refractivity contribution in [1.82, 2.24) is 5.32 Å². The Hall–Kier alpha value is -9.52. The van der Waals surface area contributed by atoms with E-state index < -0.39 is 18.1 Å². The Labute approximate surface area is 521 Å². The molecule has 446 valence electrons. The molecule has 9 aromatic carbocycles. The number of ether oxygens (including phenoxy) is 1. The zero-order valence-corrected chi connectivity index (χ0v) is 49.4. The van der Waals surface area contributed by atoms with E-state index in [1.165, 1.54) is 73.9 Å². The lowest BCUT2D eigenvalue weighted by molar-refractivity contribution is -0.0127. The van der Waals surface area contributed by atoms with Gasteiger partial charge in [0, 0.05) is 42.4 Å². The number of rotatable bonds is 10. The highest BCUT2D eigenvalue weighted by atomic mass is 35.5. The van der Waals surface area contributed by atoms with Gasteiger partial charge in [-0.15, -0.1) is 0 Å². The van der Waals surface area contributed by atoms with Crippen LogP contribution in [0, 0.1) is 17.8 Å². The van der Waals surface area contributed by atoms with E-state index in [0.29, 0.717) is 48.6 Å². The van der Waals surface area contributed by atoms with Crippen molar-refractivity contribution in [2.45, 2.75) is 44.1 Å². The Balaban J connectivity index is 0.000000139. The van der Waals surface area contributed by atoms with Gasteiger partial charge in [0.05, 0.1) is 28.4 Å². The molecule has 0 radical (unpaired) electrons. The van der Waals surface area contributed by atoms with Crippen molar-refractivity contribution in [3.63, 3.8) is 0 Å². The second-order valence-corrected chi connectivity index (χ2v) is 22.7. The molecule has 0 unspecified atom stereocenters. The van der Waals surface area contributed by atoms with E-state index in [9.17, 15) is 39.6 Å². The topological polar surface area (TPSA) is 255 Å². The Kier molecular flexibility index (Phi) is 20.7. The maximum absolute atomic E-state index is 12.4. The molecule has 0 saturated heterocycles. The Morgan fingerprint density at radius 2 is 0.724 bits per heavy atom. The van der Waals surface area contributed by atoms with E-state index in [0.717, 1.165) is 53.5 Å². The maximum atomic E-state index is 12.4. The predicted octanol–water partition coefficient (Wildman–Crippen LogP) is 18.2. The van der Waals surface area contributed by atoms with E-state index in [2.05, 4.69) is 42.5 Å². The quantitative estimate of drug-likeness (QED) is 0.0581. The highest BCUT2D eigenvalue weighted by Crippen LogP contribution is 2.55. The lowest BCUT2D eigenvalue weighted by atomic mass is 9.53. The highest BCUT2D eigenvalue weighted by molar-refractivity contribution is 6.32. The minimum atomic E-state index is -0.491. The number of amides is 8. The molecular weight excluding hydrogens is 1190 g/mol. The molecule has 4 bridgehead atoms. The third-order valence-corrected chi connectivity index (χ3v) is 15.3. The molecule has 0 spiro atoms. The summed E-state index contributed by atoms with van der Waals surface area (Å²) in [6.07, 6.45) is 7.35. The number of urea groups is 4. The van der Waals surface area contributed by atoms with E-state index in [1.807, 2.05) is 91.0 Å². The van der Waals surface area contributed by atoms with Crippen LogP contribution in [0.3, 0.4) is 0 Å². The van der Waals surface area contributed by atoms with Crippen LogP contribution in [0.2, 0.25) is 20.1 Å². The molecule has 4 fully saturated rings. The first kappa shape index (κ1) is 62.0. The van der Waals surface area contributed by atoms with Crippen LogP contribution in [0.1, 0.15) is 38.5 Å². The number of hydrogen-bond donors (Lipinski definition) is 12. The van der Waals surface area contributed by atoms with Gasteiger partial charge in [-0.3, -0.25) is 0 Å². The van der Waals surface area contributed by atoms with Gasteiger partial charge in [-0.2, -0.15) is 0 Å². The summed E-state index contributed by atoms with van der Waals surface area (Å²) in [6, 6.07) is 55.1. The molecule has 4 saturated carbocycles. The lowest BCUT2D eigenvalue weighted by Gasteiger charge is -2.56. The van der Waals surface area contributed by atoms with Gasteiger partial charge in [0.15, 0.2) is 0 Å². The Morgan fingerprint density at radius 3 is 1.18 bits per heavy atom. The van der Waals surface area contributed by atoms with Gasteiger partial charge in [0.1, 0.15) is 34.5 Å². The summed E-state index contributed by atoms with van der Waals surface area (Å²) >= 11 is 23.4. The van der Waals surface area contributed by atoms with Gasteiger partial charge in [-0.05, 0) is 189 Å². The van der Waals surface area contributed by atoms with E-state index in [-0.39, 0.29) is 51.6 Å². The molecule has 8 amide bonds. The summed E-state index contributed by atoms with van der Waals surface area (Å²) < 4.78 is 5.69. The molecule has 13 rings (SSSR count). The number of nitrogens with one attached hydrogen (secondary N) is 8. The third-order valence-electron chi connectivity index (χ3n) is 14.4. The zero-order chi connectivity index (χ0) is 61.5. The van der Waals surface area contributed by atoms with Crippen LogP contribution in [0.4, 0.5) is 59.0 Å². The number of hydrogen-bond acceptors (Lipinski definition) is 9. The van der Waals surface area contributed by atoms with Crippen molar-refractivity contribution >= 4 is 121 Å². The smallest absolute Gasteiger partial charge is 0.323 e. The molecular formula is C66H60Cl4N8O9. The number of aromatic hydroxyl groups is 4. The molecule has 0 atom stereocenters. The first-order valence-electron chi connectivity index (χ1n) is 27.5. The summed E-state index contributed by atoms with van der Waals surface area (Å²) in [5.74, 6) is 3.63. The van der Waals surface area contributed by atoms with E-state index >= 15 is 0 Å². The summed E-state index contributed by atoms with van der Waals surface area (Å²) in [5.41, 5.74) is 3.01. The minimum absolute atomic E-state index is 0.0325. The number of phenols is 4. The SMILES string of the molecule is O=C(Nc1cc(Cl)ccc1O)NC12CC3CC(CC(C3)C1)C2.O=C(Nc1cc(Cl)ccc1O)Nc1cccc2ccccc12.O=C(Nc1ccc(Oc2ccccc2)cc1)Nc1cc(Cl)ccc1O.O=C(Nc1ccccc1)Nc1cc(Cl)ccc1O. The van der Waals surface area contributed by atoms with Gasteiger partial charge in [-0.25, -0.2) is 19.2 Å². The van der Waals surface area contributed by atoms with E-state index in [4.69, 9.17) is 51.1 Å². The largest absolute Gasteiger partial charge is 0.506 e. The first-order valence-corrected chi connectivity index (χ1v) is 29.0. The number of anilines is 7. The number of fused-ring (bicyclic) bond motifs is 1. The molecule has 12 N–H and O–H groups in total. The summed E-state index contributed by atoms with van der Waals surface area (Å²) in [4.78, 5) is 48.2. The number of carbonyl (C=O) groups excluding carboxylic acids is 4. The number of halogens is 4. The minimum Gasteiger partial charge on any atom is -0.506 e. The fourth-order valence-corrected chi connectivity index (χ4v) is 11.7. The first-order chi connectivity index (χ1) is 41.9. The molecule has 0 aromatic heterocycles. The zero-order valence-electron chi connectivity index (χ0n) is 46.4. The Bertz CT molecular complexity index is 3850. The van der Waals surface area contributed by atoms with Crippen LogP contribution < -0.4 is 47.3 Å². The molecule has 0 heterocycles. The third kappa shape index (κ3) is 18.0. The molecule has 9 aromatic rings. The summed E-state index contributed by atoms with van der Waals surface area (Å²) in [6.45, 7) is 0. The average Bonchev–Trinajstić information content (AvgIpc) is 0.876. The second kappa shape index (κ2) is 29.0. The lowest BCUT2D eigenvalue weighted by Crippen LogP contribution is -2.60. The molecule has 4 aliphatic carbocycles. The van der Waals surface area contributed by atoms with Crippen molar-refractivity contribution in [3.05, 3.63) is 220 Å². The van der Waals surface area contributed by atoms with Crippen LogP contribution in [0.25, 0.3) is 10.8 Å². The van der Waals surface area contributed by atoms with Crippen LogP contribution >= 0.6 is 46.4 Å². The number of carbonyl (C=O) groups is 4. The molecule has 0 aliphatic heterocycles. The van der Waals surface area contributed by atoms with Gasteiger partial charge in [0.2, 0.25) is 0 Å². The van der Waals surface area contributed by atoms with Crippen molar-refractivity contribution < 1.29 is 44.3 Å². The van der Waals surface area contributed by atoms with Gasteiger partial charge in [-0.1, -0.05) is 119 Å². The van der Waals surface area contributed by atoms with Crippen molar-refractivity contribution in [3.8, 4) is 34.5 Å². The average molecular weight is 1250 g/mol. The second-order valence-electron chi connectivity index (χ2n) is 21.0. The normalized spacial score (nSPS) is 16.5. The Morgan fingerprint density at radius 1 is 0.368 bits per heavy atom. The predicted molar refractivity (Wildman–Crippen MR) is 347 cm³/mol. The fraction of sp³-hybridized carbons (Fsp3) is 0.152. The molecule has 17 nitrogen and oxygen atoms in total. The van der Waals surface area contributed by atoms with Crippen LogP contribution in [-0.2, 0) is 0 Å².